The van der Waals surface area contributed by atoms with Gasteiger partial charge in [0.25, 0.3) is 0 Å². The summed E-state index contributed by atoms with van der Waals surface area (Å²) in [5.74, 6) is 0.571. The van der Waals surface area contributed by atoms with Crippen LogP contribution in [-0.2, 0) is 23.4 Å². The van der Waals surface area contributed by atoms with Gasteiger partial charge in [-0.05, 0) is 34.8 Å². The van der Waals surface area contributed by atoms with Gasteiger partial charge in [0.1, 0.15) is 12.0 Å². The zero-order chi connectivity index (χ0) is 18.4. The topological polar surface area (TPSA) is 48.2 Å². The van der Waals surface area contributed by atoms with E-state index in [0.29, 0.717) is 19.1 Å². The third-order valence-corrected chi connectivity index (χ3v) is 3.99. The van der Waals surface area contributed by atoms with Gasteiger partial charge in [0.2, 0.25) is 5.89 Å². The Morgan fingerprint density at radius 1 is 0.962 bits per heavy atom. The summed E-state index contributed by atoms with van der Waals surface area (Å²) < 4.78 is 11.1. The number of oxazole rings is 1. The molecule has 134 valence electrons. The highest BCUT2D eigenvalue weighted by Gasteiger charge is 2.12. The molecule has 0 saturated heterocycles. The van der Waals surface area contributed by atoms with Crippen molar-refractivity contribution in [1.29, 1.82) is 0 Å². The van der Waals surface area contributed by atoms with E-state index < -0.39 is 0 Å². The molecule has 0 amide bonds. The maximum atomic E-state index is 5.62. The zero-order valence-electron chi connectivity index (χ0n) is 15.5. The molecule has 3 rings (SSSR count). The lowest BCUT2D eigenvalue weighted by Crippen LogP contribution is -2.10. The van der Waals surface area contributed by atoms with E-state index in [9.17, 15) is 0 Å². The lowest BCUT2D eigenvalue weighted by Gasteiger charge is -2.18. The van der Waals surface area contributed by atoms with Gasteiger partial charge in [0.15, 0.2) is 0 Å². The predicted molar refractivity (Wildman–Crippen MR) is 103 cm³/mol. The fourth-order valence-electron chi connectivity index (χ4n) is 2.47. The van der Waals surface area contributed by atoms with Gasteiger partial charge in [-0.3, -0.25) is 4.98 Å². The fourth-order valence-corrected chi connectivity index (χ4v) is 2.47. The maximum absolute atomic E-state index is 5.62. The summed E-state index contributed by atoms with van der Waals surface area (Å²) in [6.45, 7) is 7.49. The van der Waals surface area contributed by atoms with Crippen LogP contribution in [0.4, 0.5) is 0 Å². The molecule has 0 atom stereocenters. The first-order valence-corrected chi connectivity index (χ1v) is 8.71. The van der Waals surface area contributed by atoms with Crippen LogP contribution in [-0.4, -0.2) is 9.97 Å². The second kappa shape index (κ2) is 8.11. The van der Waals surface area contributed by atoms with Gasteiger partial charge in [0.05, 0.1) is 18.9 Å². The third kappa shape index (κ3) is 5.14. The van der Waals surface area contributed by atoms with Crippen LogP contribution in [0.5, 0.6) is 0 Å². The second-order valence-electron chi connectivity index (χ2n) is 7.20. The summed E-state index contributed by atoms with van der Waals surface area (Å²) in [5.41, 5.74) is 4.26. The molecule has 0 aliphatic rings. The average molecular weight is 348 g/mol. The van der Waals surface area contributed by atoms with Crippen molar-refractivity contribution in [3.63, 3.8) is 0 Å². The molecule has 0 radical (unpaired) electrons. The number of rotatable bonds is 6. The molecule has 4 nitrogen and oxygen atoms in total. The van der Waals surface area contributed by atoms with Gasteiger partial charge >= 0.3 is 0 Å². The molecule has 2 aromatic heterocycles. The minimum Gasteiger partial charge on any atom is -0.445 e. The van der Waals surface area contributed by atoms with Crippen LogP contribution in [0, 0.1) is 0 Å². The Bertz CT molecular complexity index is 844. The molecular weight excluding hydrogens is 324 g/mol. The number of hydrogen-bond acceptors (Lipinski definition) is 4. The van der Waals surface area contributed by atoms with Crippen molar-refractivity contribution < 1.29 is 9.15 Å². The quantitative estimate of drug-likeness (QED) is 0.610. The molecule has 26 heavy (non-hydrogen) atoms. The molecule has 0 aliphatic carbocycles. The van der Waals surface area contributed by atoms with Crippen LogP contribution in [0.3, 0.4) is 0 Å². The van der Waals surface area contributed by atoms with Gasteiger partial charge < -0.3 is 9.15 Å². The van der Waals surface area contributed by atoms with Gasteiger partial charge in [-0.15, -0.1) is 0 Å². The van der Waals surface area contributed by atoms with Crippen molar-refractivity contribution in [2.75, 3.05) is 0 Å². The van der Waals surface area contributed by atoms with Gasteiger partial charge in [-0.25, -0.2) is 4.98 Å². The number of ether oxygens (including phenoxy) is 1. The van der Waals surface area contributed by atoms with E-state index >= 15 is 0 Å². The molecule has 3 aromatic rings. The number of benzene rings is 1. The predicted octanol–water partition coefficient (Wildman–Crippen LogP) is 5.25. The minimum atomic E-state index is 0.162. The maximum Gasteiger partial charge on any atom is 0.218 e. The van der Waals surface area contributed by atoms with Crippen molar-refractivity contribution in [3.05, 3.63) is 83.3 Å². The lowest BCUT2D eigenvalue weighted by atomic mass is 9.87. The van der Waals surface area contributed by atoms with Crippen LogP contribution in [0.15, 0.2) is 59.3 Å². The van der Waals surface area contributed by atoms with Gasteiger partial charge in [0, 0.05) is 12.3 Å². The monoisotopic (exact) mass is 348 g/mol. The molecule has 0 spiro atoms. The second-order valence-corrected chi connectivity index (χ2v) is 7.20. The minimum absolute atomic E-state index is 0.162. The van der Waals surface area contributed by atoms with E-state index in [0.717, 1.165) is 17.0 Å². The van der Waals surface area contributed by atoms with Crippen LogP contribution in [0.1, 0.15) is 49.2 Å². The summed E-state index contributed by atoms with van der Waals surface area (Å²) in [7, 11) is 0. The van der Waals surface area contributed by atoms with Crippen molar-refractivity contribution in [1.82, 2.24) is 9.97 Å². The van der Waals surface area contributed by atoms with Crippen LogP contribution in [0.2, 0.25) is 0 Å². The van der Waals surface area contributed by atoms with Crippen LogP contribution in [0.25, 0.3) is 12.2 Å². The van der Waals surface area contributed by atoms with Crippen LogP contribution < -0.4 is 0 Å². The number of pyridine rings is 1. The fraction of sp³-hybridized carbons (Fsp3) is 0.273. The van der Waals surface area contributed by atoms with E-state index in [4.69, 9.17) is 9.15 Å². The van der Waals surface area contributed by atoms with E-state index in [-0.39, 0.29) is 5.41 Å². The van der Waals surface area contributed by atoms with E-state index in [1.807, 2.05) is 30.4 Å². The van der Waals surface area contributed by atoms with E-state index in [2.05, 4.69) is 55.0 Å². The number of nitrogens with zero attached hydrogens (tertiary/aromatic N) is 2. The van der Waals surface area contributed by atoms with E-state index in [1.54, 1.807) is 12.5 Å². The highest BCUT2D eigenvalue weighted by Crippen LogP contribution is 2.22. The highest BCUT2D eigenvalue weighted by molar-refractivity contribution is 5.66. The summed E-state index contributed by atoms with van der Waals surface area (Å²) in [6, 6.07) is 14.3. The first-order chi connectivity index (χ1) is 12.5. The number of hydrogen-bond donors (Lipinski definition) is 0. The summed E-state index contributed by atoms with van der Waals surface area (Å²) in [4.78, 5) is 8.63. The van der Waals surface area contributed by atoms with Crippen molar-refractivity contribution >= 4 is 12.2 Å². The first kappa shape index (κ1) is 18.1. The molecule has 0 unspecified atom stereocenters. The molecule has 1 aromatic carbocycles. The van der Waals surface area contributed by atoms with Crippen LogP contribution >= 0.6 is 0 Å². The molecule has 4 heteroatoms. The Morgan fingerprint density at radius 2 is 1.73 bits per heavy atom. The summed E-state index contributed by atoms with van der Waals surface area (Å²) >= 11 is 0. The zero-order valence-corrected chi connectivity index (χ0v) is 15.5. The van der Waals surface area contributed by atoms with Gasteiger partial charge in [-0.2, -0.15) is 0 Å². The van der Waals surface area contributed by atoms with Crippen molar-refractivity contribution in [2.24, 2.45) is 0 Å². The molecule has 0 aliphatic heterocycles. The molecular formula is C22H24N2O2. The summed E-state index contributed by atoms with van der Waals surface area (Å²) in [6.07, 6.45) is 7.25. The highest BCUT2D eigenvalue weighted by atomic mass is 16.5. The largest absolute Gasteiger partial charge is 0.445 e. The molecule has 0 saturated carbocycles. The van der Waals surface area contributed by atoms with E-state index in [1.165, 1.54) is 5.56 Å². The third-order valence-electron chi connectivity index (χ3n) is 3.99. The molecule has 0 fully saturated rings. The normalized spacial score (nSPS) is 12.0. The van der Waals surface area contributed by atoms with Crippen molar-refractivity contribution in [3.8, 4) is 0 Å². The molecule has 0 N–H and O–H groups in total. The molecule has 0 bridgehead atoms. The van der Waals surface area contributed by atoms with Gasteiger partial charge in [-0.1, -0.05) is 51.1 Å². The lowest BCUT2D eigenvalue weighted by molar-refractivity contribution is 0.102. The van der Waals surface area contributed by atoms with Crippen molar-refractivity contribution in [2.45, 2.75) is 39.4 Å². The first-order valence-electron chi connectivity index (χ1n) is 8.71. The Hall–Kier alpha value is -2.72. The SMILES string of the molecule is CC(C)(C)c1ccc(/C=C/c2nc(COCc3ccccn3)co2)cc1. The Balaban J connectivity index is 1.53. The Morgan fingerprint density at radius 3 is 2.42 bits per heavy atom. The number of aromatic nitrogens is 2. The standard InChI is InChI=1S/C22H24N2O2/c1-22(2,3)18-10-7-17(8-11-18)9-12-21-24-20(16-26-21)15-25-14-19-6-4-5-13-23-19/h4-13,16H,14-15H2,1-3H3/b12-9+. The Labute approximate surface area is 154 Å². The average Bonchev–Trinajstić information content (AvgIpc) is 3.08. The summed E-state index contributed by atoms with van der Waals surface area (Å²) in [5, 5.41) is 0. The smallest absolute Gasteiger partial charge is 0.218 e. The Kier molecular flexibility index (Phi) is 5.64. The molecule has 2 heterocycles.